The Kier molecular flexibility index (Phi) is 45.2. The van der Waals surface area contributed by atoms with E-state index < -0.39 is 18.2 Å². The molecule has 0 aromatic heterocycles. The summed E-state index contributed by atoms with van der Waals surface area (Å²) >= 11 is 0. The molecular formula is C54H95NO5. The van der Waals surface area contributed by atoms with Crippen molar-refractivity contribution in [3.8, 4) is 0 Å². The molecule has 3 unspecified atom stereocenters. The van der Waals surface area contributed by atoms with Gasteiger partial charge in [-0.25, -0.2) is 0 Å². The van der Waals surface area contributed by atoms with Crippen LogP contribution in [0.2, 0.25) is 0 Å². The third-order valence-electron chi connectivity index (χ3n) is 11.1. The van der Waals surface area contributed by atoms with Crippen molar-refractivity contribution in [1.82, 2.24) is 5.32 Å². The fourth-order valence-electron chi connectivity index (χ4n) is 7.29. The highest BCUT2D eigenvalue weighted by atomic mass is 16.5. The van der Waals surface area contributed by atoms with Gasteiger partial charge in [0.2, 0.25) is 5.91 Å². The van der Waals surface area contributed by atoms with E-state index in [2.05, 4.69) is 68.6 Å². The highest BCUT2D eigenvalue weighted by Crippen LogP contribution is 2.17. The van der Waals surface area contributed by atoms with Crippen LogP contribution in [0.15, 0.2) is 72.9 Å². The number of rotatable bonds is 44. The van der Waals surface area contributed by atoms with Crippen LogP contribution in [-0.4, -0.2) is 46.9 Å². The van der Waals surface area contributed by atoms with Crippen molar-refractivity contribution in [2.24, 2.45) is 0 Å². The molecule has 0 aromatic rings. The summed E-state index contributed by atoms with van der Waals surface area (Å²) in [6.45, 7) is 6.30. The number of nitrogens with one attached hydrogen (secondary N) is 1. The number of ether oxygens (including phenoxy) is 1. The Morgan fingerprint density at radius 2 is 0.967 bits per heavy atom. The van der Waals surface area contributed by atoms with Crippen molar-refractivity contribution in [3.05, 3.63) is 72.9 Å². The Morgan fingerprint density at radius 1 is 0.517 bits per heavy atom. The Labute approximate surface area is 371 Å². The van der Waals surface area contributed by atoms with Gasteiger partial charge in [0.1, 0.15) is 6.10 Å². The Balaban J connectivity index is 4.68. The van der Waals surface area contributed by atoms with Crippen molar-refractivity contribution in [2.75, 3.05) is 6.61 Å². The molecule has 6 heteroatoms. The van der Waals surface area contributed by atoms with E-state index >= 15 is 0 Å². The van der Waals surface area contributed by atoms with Crippen LogP contribution in [-0.2, 0) is 14.3 Å². The molecule has 0 rings (SSSR count). The first-order chi connectivity index (χ1) is 29.5. The maximum atomic E-state index is 13.2. The van der Waals surface area contributed by atoms with Gasteiger partial charge < -0.3 is 20.3 Å². The number of hydrogen-bond donors (Lipinski definition) is 3. The summed E-state index contributed by atoms with van der Waals surface area (Å²) in [6, 6.07) is -0.717. The van der Waals surface area contributed by atoms with Crippen LogP contribution in [0.4, 0.5) is 0 Å². The van der Waals surface area contributed by atoms with Crippen molar-refractivity contribution < 1.29 is 24.5 Å². The molecule has 0 saturated heterocycles. The van der Waals surface area contributed by atoms with Crippen LogP contribution in [0.25, 0.3) is 0 Å². The van der Waals surface area contributed by atoms with Crippen LogP contribution in [0, 0.1) is 0 Å². The zero-order valence-electron chi connectivity index (χ0n) is 39.3. The van der Waals surface area contributed by atoms with Crippen molar-refractivity contribution >= 4 is 11.9 Å². The quantitative estimate of drug-likeness (QED) is 0.0246. The van der Waals surface area contributed by atoms with Crippen LogP contribution >= 0.6 is 0 Å². The number of esters is 1. The van der Waals surface area contributed by atoms with Gasteiger partial charge in [-0.1, -0.05) is 216 Å². The number of hydrogen-bond acceptors (Lipinski definition) is 5. The SMILES string of the molecule is CC/C=C/C=C/C=C\C=C/CCCCCC(=O)OC(CCCCCCC/C=C\C/C=C\CCCCC)CC(=O)NC(CO)C(O)CCCCCCCCCCCCCCC. The third-order valence-corrected chi connectivity index (χ3v) is 11.1. The average Bonchev–Trinajstić information content (AvgIpc) is 3.24. The van der Waals surface area contributed by atoms with Crippen LogP contribution in [0.1, 0.15) is 233 Å². The molecule has 6 nitrogen and oxygen atoms in total. The number of carbonyl (C=O) groups is 2. The van der Waals surface area contributed by atoms with Gasteiger partial charge in [-0.05, 0) is 77.0 Å². The largest absolute Gasteiger partial charge is 0.462 e. The van der Waals surface area contributed by atoms with Gasteiger partial charge in [-0.3, -0.25) is 9.59 Å². The molecule has 3 N–H and O–H groups in total. The van der Waals surface area contributed by atoms with Gasteiger partial charge >= 0.3 is 5.97 Å². The van der Waals surface area contributed by atoms with Gasteiger partial charge in [0.15, 0.2) is 0 Å². The molecule has 346 valence electrons. The van der Waals surface area contributed by atoms with E-state index in [1.54, 1.807) is 0 Å². The minimum Gasteiger partial charge on any atom is -0.462 e. The molecule has 0 aliphatic heterocycles. The summed E-state index contributed by atoms with van der Waals surface area (Å²) in [4.78, 5) is 26.1. The standard InChI is InChI=1S/C54H95NO5/c1-4-7-10-13-16-19-22-25-26-29-30-33-36-39-42-45-50(60-54(59)47-44-41-38-35-32-28-24-21-18-15-12-9-6-3)48-53(58)55-51(49-56)52(57)46-43-40-37-34-31-27-23-20-17-14-11-8-5-2/h9,12,15-16,18-19,21,24-26,28,32,50-52,56-57H,4-8,10-11,13-14,17,20,22-23,27,29-31,33-49H2,1-3H3,(H,55,58)/b12-9+,18-15+,19-16-,24-21-,26-25-,32-28-. The van der Waals surface area contributed by atoms with E-state index in [1.807, 2.05) is 30.4 Å². The Hall–Kier alpha value is -2.70. The lowest BCUT2D eigenvalue weighted by atomic mass is 10.0. The summed E-state index contributed by atoms with van der Waals surface area (Å²) < 4.78 is 5.90. The molecule has 0 aliphatic rings. The van der Waals surface area contributed by atoms with Gasteiger partial charge in [-0.2, -0.15) is 0 Å². The summed E-state index contributed by atoms with van der Waals surface area (Å²) in [5.74, 6) is -0.536. The molecule has 0 spiro atoms. The van der Waals surface area contributed by atoms with E-state index in [4.69, 9.17) is 4.74 Å². The molecule has 0 bridgehead atoms. The maximum Gasteiger partial charge on any atom is 0.306 e. The third kappa shape index (κ3) is 42.0. The minimum absolute atomic E-state index is 0.0495. The second-order valence-electron chi connectivity index (χ2n) is 16.9. The molecule has 1 amide bonds. The molecule has 0 radical (unpaired) electrons. The maximum absolute atomic E-state index is 13.2. The Morgan fingerprint density at radius 3 is 1.53 bits per heavy atom. The fourth-order valence-corrected chi connectivity index (χ4v) is 7.29. The number of allylic oxidation sites excluding steroid dienone is 12. The topological polar surface area (TPSA) is 95.9 Å². The van der Waals surface area contributed by atoms with Gasteiger partial charge in [0.25, 0.3) is 0 Å². The molecule has 3 atom stereocenters. The van der Waals surface area contributed by atoms with Crippen LogP contribution in [0.5, 0.6) is 0 Å². The number of unbranched alkanes of at least 4 members (excludes halogenated alkanes) is 23. The normalized spacial score (nSPS) is 13.9. The average molecular weight is 838 g/mol. The van der Waals surface area contributed by atoms with Gasteiger partial charge in [-0.15, -0.1) is 0 Å². The highest BCUT2D eigenvalue weighted by molar-refractivity contribution is 5.77. The first kappa shape index (κ1) is 57.3. The molecule has 0 fully saturated rings. The molecule has 0 heterocycles. The molecule has 0 aliphatic carbocycles. The number of amides is 1. The summed E-state index contributed by atoms with van der Waals surface area (Å²) in [7, 11) is 0. The lowest BCUT2D eigenvalue weighted by Crippen LogP contribution is -2.46. The fraction of sp³-hybridized carbons (Fsp3) is 0.741. The molecule has 60 heavy (non-hydrogen) atoms. The first-order valence-corrected chi connectivity index (χ1v) is 25.2. The zero-order valence-corrected chi connectivity index (χ0v) is 39.3. The van der Waals surface area contributed by atoms with Crippen molar-refractivity contribution in [2.45, 2.75) is 251 Å². The highest BCUT2D eigenvalue weighted by Gasteiger charge is 2.24. The monoisotopic (exact) mass is 838 g/mol. The van der Waals surface area contributed by atoms with Gasteiger partial charge in [0, 0.05) is 6.42 Å². The van der Waals surface area contributed by atoms with Crippen molar-refractivity contribution in [1.29, 1.82) is 0 Å². The van der Waals surface area contributed by atoms with E-state index in [0.717, 1.165) is 89.9 Å². The first-order valence-electron chi connectivity index (χ1n) is 25.2. The second-order valence-corrected chi connectivity index (χ2v) is 16.9. The van der Waals surface area contributed by atoms with E-state index in [-0.39, 0.29) is 24.9 Å². The van der Waals surface area contributed by atoms with Crippen LogP contribution in [0.3, 0.4) is 0 Å². The number of carbonyl (C=O) groups excluding carboxylic acids is 2. The minimum atomic E-state index is -0.801. The van der Waals surface area contributed by atoms with Gasteiger partial charge in [0.05, 0.1) is 25.2 Å². The lowest BCUT2D eigenvalue weighted by molar-refractivity contribution is -0.151. The van der Waals surface area contributed by atoms with Crippen LogP contribution < -0.4 is 5.32 Å². The van der Waals surface area contributed by atoms with E-state index in [1.165, 1.54) is 96.3 Å². The van der Waals surface area contributed by atoms with Crippen molar-refractivity contribution in [3.63, 3.8) is 0 Å². The smallest absolute Gasteiger partial charge is 0.306 e. The molecule has 0 saturated carbocycles. The van der Waals surface area contributed by atoms with E-state index in [0.29, 0.717) is 19.3 Å². The predicted octanol–water partition coefficient (Wildman–Crippen LogP) is 15.0. The predicted molar refractivity (Wildman–Crippen MR) is 259 cm³/mol. The molecule has 0 aromatic carbocycles. The number of aliphatic hydroxyl groups is 2. The molecular weight excluding hydrogens is 743 g/mol. The summed E-state index contributed by atoms with van der Waals surface area (Å²) in [6.07, 6.45) is 59.5. The Bertz CT molecular complexity index is 1120. The second kappa shape index (κ2) is 47.4. The zero-order chi connectivity index (χ0) is 43.8. The number of aliphatic hydroxyl groups excluding tert-OH is 2. The summed E-state index contributed by atoms with van der Waals surface area (Å²) in [5.41, 5.74) is 0. The lowest BCUT2D eigenvalue weighted by Gasteiger charge is -2.24. The summed E-state index contributed by atoms with van der Waals surface area (Å²) in [5, 5.41) is 23.7. The van der Waals surface area contributed by atoms with E-state index in [9.17, 15) is 19.8 Å².